The third-order valence-electron chi connectivity index (χ3n) is 4.85. The van der Waals surface area contributed by atoms with Crippen LogP contribution in [0.5, 0.6) is 11.5 Å². The second kappa shape index (κ2) is 7.37. The molecule has 4 rings (SSSR count). The molecule has 7 nitrogen and oxygen atoms in total. The summed E-state index contributed by atoms with van der Waals surface area (Å²) in [4.78, 5) is 19.5. The van der Waals surface area contributed by atoms with Crippen LogP contribution in [0.2, 0.25) is 0 Å². The van der Waals surface area contributed by atoms with Crippen LogP contribution in [0.25, 0.3) is 0 Å². The zero-order valence-electron chi connectivity index (χ0n) is 14.9. The number of nitrogens with zero attached hydrogens (tertiary/aromatic N) is 3. The van der Waals surface area contributed by atoms with Crippen LogP contribution in [-0.2, 0) is 17.8 Å². The van der Waals surface area contributed by atoms with Gasteiger partial charge in [0.1, 0.15) is 13.2 Å². The number of hydrogen-bond donors (Lipinski definition) is 0. The van der Waals surface area contributed by atoms with E-state index < -0.39 is 0 Å². The van der Waals surface area contributed by atoms with Crippen molar-refractivity contribution in [3.8, 4) is 11.5 Å². The highest BCUT2D eigenvalue weighted by atomic mass is 16.6. The van der Waals surface area contributed by atoms with Crippen molar-refractivity contribution in [3.63, 3.8) is 0 Å². The van der Waals surface area contributed by atoms with E-state index in [1.54, 1.807) is 6.07 Å². The molecule has 1 atom stereocenters. The Morgan fingerprint density at radius 1 is 1.35 bits per heavy atom. The lowest BCUT2D eigenvalue weighted by Gasteiger charge is -2.31. The van der Waals surface area contributed by atoms with Gasteiger partial charge in [0.05, 0.1) is 36.8 Å². The van der Waals surface area contributed by atoms with Gasteiger partial charge in [-0.2, -0.15) is 0 Å². The summed E-state index contributed by atoms with van der Waals surface area (Å²) in [6.07, 6.45) is 4.47. The second-order valence-corrected chi connectivity index (χ2v) is 6.44. The summed E-state index contributed by atoms with van der Waals surface area (Å²) < 4.78 is 19.1. The molecule has 0 saturated heterocycles. The zero-order valence-corrected chi connectivity index (χ0v) is 14.9. The molecule has 2 aliphatic rings. The summed E-state index contributed by atoms with van der Waals surface area (Å²) in [5.41, 5.74) is 1.57. The molecule has 0 spiro atoms. The van der Waals surface area contributed by atoms with E-state index in [2.05, 4.69) is 9.55 Å². The number of imidazole rings is 1. The van der Waals surface area contributed by atoms with Crippen LogP contribution in [0.1, 0.15) is 29.4 Å². The van der Waals surface area contributed by atoms with Gasteiger partial charge in [0, 0.05) is 19.3 Å². The van der Waals surface area contributed by atoms with Crippen molar-refractivity contribution in [1.29, 1.82) is 0 Å². The van der Waals surface area contributed by atoms with E-state index >= 15 is 0 Å². The SMILES string of the molecule is CCOC[C@H]1CCn2cncc2CN1C(=O)c1cccc2c1OCCO2. The van der Waals surface area contributed by atoms with Crippen LogP contribution in [0.3, 0.4) is 0 Å². The topological polar surface area (TPSA) is 65.8 Å². The molecule has 3 heterocycles. The normalized spacial score (nSPS) is 19.0. The Morgan fingerprint density at radius 3 is 3.12 bits per heavy atom. The number of carbonyl (C=O) groups is 1. The predicted octanol–water partition coefficient (Wildman–Crippen LogP) is 2.11. The van der Waals surface area contributed by atoms with Gasteiger partial charge < -0.3 is 23.7 Å². The summed E-state index contributed by atoms with van der Waals surface area (Å²) in [7, 11) is 0. The number of benzene rings is 1. The van der Waals surface area contributed by atoms with E-state index in [1.807, 2.05) is 36.5 Å². The fourth-order valence-corrected chi connectivity index (χ4v) is 3.49. The van der Waals surface area contributed by atoms with Crippen molar-refractivity contribution >= 4 is 5.91 Å². The van der Waals surface area contributed by atoms with Crippen molar-refractivity contribution in [3.05, 3.63) is 42.0 Å². The molecule has 26 heavy (non-hydrogen) atoms. The van der Waals surface area contributed by atoms with Crippen molar-refractivity contribution in [2.75, 3.05) is 26.4 Å². The molecule has 1 aromatic carbocycles. The van der Waals surface area contributed by atoms with Gasteiger partial charge in [-0.05, 0) is 25.5 Å². The number of ether oxygens (including phenoxy) is 3. The van der Waals surface area contributed by atoms with Gasteiger partial charge in [-0.1, -0.05) is 6.07 Å². The van der Waals surface area contributed by atoms with Crippen molar-refractivity contribution in [2.45, 2.75) is 32.5 Å². The Kier molecular flexibility index (Phi) is 4.79. The molecule has 1 amide bonds. The minimum atomic E-state index is -0.0632. The first-order valence-corrected chi connectivity index (χ1v) is 9.04. The van der Waals surface area contributed by atoms with Crippen LogP contribution >= 0.6 is 0 Å². The molecule has 0 saturated carbocycles. The zero-order chi connectivity index (χ0) is 17.9. The molecule has 0 fully saturated rings. The van der Waals surface area contributed by atoms with Gasteiger partial charge in [-0.25, -0.2) is 4.98 Å². The number of fused-ring (bicyclic) bond motifs is 2. The van der Waals surface area contributed by atoms with Gasteiger partial charge in [0.25, 0.3) is 5.91 Å². The number of hydrogen-bond acceptors (Lipinski definition) is 5. The van der Waals surface area contributed by atoms with E-state index in [0.717, 1.165) is 18.7 Å². The molecule has 0 bridgehead atoms. The Balaban J connectivity index is 1.67. The Labute approximate surface area is 152 Å². The predicted molar refractivity (Wildman–Crippen MR) is 94.4 cm³/mol. The lowest BCUT2D eigenvalue weighted by atomic mass is 10.1. The summed E-state index contributed by atoms with van der Waals surface area (Å²) in [6, 6.07) is 5.47. The standard InChI is InChI=1S/C19H23N3O4/c1-2-24-12-14-6-7-21-13-20-10-15(21)11-22(14)19(23)16-4-3-5-17-18(16)26-9-8-25-17/h3-5,10,13-14H,2,6-9,11-12H2,1H3/t14-/m1/s1. The maximum Gasteiger partial charge on any atom is 0.258 e. The van der Waals surface area contributed by atoms with Gasteiger partial charge in [0.2, 0.25) is 0 Å². The molecule has 0 radical (unpaired) electrons. The summed E-state index contributed by atoms with van der Waals surface area (Å²) >= 11 is 0. The van der Waals surface area contributed by atoms with E-state index in [9.17, 15) is 4.79 Å². The number of aromatic nitrogens is 2. The molecule has 0 N–H and O–H groups in total. The quantitative estimate of drug-likeness (QED) is 0.838. The van der Waals surface area contributed by atoms with Crippen molar-refractivity contribution in [2.24, 2.45) is 0 Å². The third kappa shape index (κ3) is 3.14. The number of amides is 1. The lowest BCUT2D eigenvalue weighted by molar-refractivity contribution is 0.0416. The fourth-order valence-electron chi connectivity index (χ4n) is 3.49. The largest absolute Gasteiger partial charge is 0.486 e. The van der Waals surface area contributed by atoms with Gasteiger partial charge >= 0.3 is 0 Å². The van der Waals surface area contributed by atoms with Crippen LogP contribution in [0.4, 0.5) is 0 Å². The van der Waals surface area contributed by atoms with E-state index in [0.29, 0.717) is 50.0 Å². The van der Waals surface area contributed by atoms with Crippen LogP contribution in [0, 0.1) is 0 Å². The smallest absolute Gasteiger partial charge is 0.258 e. The van der Waals surface area contributed by atoms with Crippen LogP contribution < -0.4 is 9.47 Å². The third-order valence-corrected chi connectivity index (χ3v) is 4.85. The molecule has 7 heteroatoms. The first kappa shape index (κ1) is 16.9. The summed E-state index contributed by atoms with van der Waals surface area (Å²) in [6.45, 7) is 5.39. The molecule has 0 unspecified atom stereocenters. The monoisotopic (exact) mass is 357 g/mol. The average molecular weight is 357 g/mol. The number of carbonyl (C=O) groups excluding carboxylic acids is 1. The van der Waals surface area contributed by atoms with E-state index in [-0.39, 0.29) is 11.9 Å². The fraction of sp³-hybridized carbons (Fsp3) is 0.474. The highest BCUT2D eigenvalue weighted by molar-refractivity contribution is 5.98. The van der Waals surface area contributed by atoms with E-state index in [4.69, 9.17) is 14.2 Å². The average Bonchev–Trinajstić information content (AvgIpc) is 3.05. The maximum absolute atomic E-state index is 13.4. The molecular formula is C19H23N3O4. The summed E-state index contributed by atoms with van der Waals surface area (Å²) in [5.74, 6) is 1.10. The number of rotatable bonds is 4. The number of para-hydroxylation sites is 1. The van der Waals surface area contributed by atoms with Crippen LogP contribution in [-0.4, -0.2) is 52.8 Å². The highest BCUT2D eigenvalue weighted by Gasteiger charge is 2.31. The number of aryl methyl sites for hydroxylation is 1. The Hall–Kier alpha value is -2.54. The maximum atomic E-state index is 13.4. The van der Waals surface area contributed by atoms with Crippen molar-refractivity contribution < 1.29 is 19.0 Å². The first-order valence-electron chi connectivity index (χ1n) is 9.04. The Morgan fingerprint density at radius 2 is 2.23 bits per heavy atom. The van der Waals surface area contributed by atoms with Gasteiger partial charge in [-0.15, -0.1) is 0 Å². The van der Waals surface area contributed by atoms with Crippen molar-refractivity contribution in [1.82, 2.24) is 14.5 Å². The minimum Gasteiger partial charge on any atom is -0.486 e. The molecule has 2 aliphatic heterocycles. The first-order chi connectivity index (χ1) is 12.8. The molecule has 0 aliphatic carbocycles. The minimum absolute atomic E-state index is 0.00251. The van der Waals surface area contributed by atoms with Gasteiger partial charge in [0.15, 0.2) is 11.5 Å². The Bertz CT molecular complexity index is 789. The van der Waals surface area contributed by atoms with Gasteiger partial charge in [-0.3, -0.25) is 4.79 Å². The second-order valence-electron chi connectivity index (χ2n) is 6.44. The molecule has 1 aromatic heterocycles. The lowest BCUT2D eigenvalue weighted by Crippen LogP contribution is -2.42. The van der Waals surface area contributed by atoms with Crippen LogP contribution in [0.15, 0.2) is 30.7 Å². The summed E-state index contributed by atoms with van der Waals surface area (Å²) in [5, 5.41) is 0. The molecule has 138 valence electrons. The highest BCUT2D eigenvalue weighted by Crippen LogP contribution is 2.35. The molecule has 2 aromatic rings. The van der Waals surface area contributed by atoms with E-state index in [1.165, 1.54) is 0 Å². The molecular weight excluding hydrogens is 334 g/mol.